The number of hydrogen-bond donors (Lipinski definition) is 1. The predicted octanol–water partition coefficient (Wildman–Crippen LogP) is 2.25. The second-order valence-corrected chi connectivity index (χ2v) is 8.82. The van der Waals surface area contributed by atoms with Crippen molar-refractivity contribution in [3.05, 3.63) is 80.4 Å². The summed E-state index contributed by atoms with van der Waals surface area (Å²) in [4.78, 5) is 36.6. The highest BCUT2D eigenvalue weighted by atomic mass is 32.1. The third-order valence-corrected chi connectivity index (χ3v) is 6.60. The maximum absolute atomic E-state index is 13.1. The monoisotopic (exact) mass is 421 g/mol. The number of aromatic nitrogens is 3. The van der Waals surface area contributed by atoms with Gasteiger partial charge in [-0.25, -0.2) is 4.98 Å². The van der Waals surface area contributed by atoms with E-state index < -0.39 is 0 Å². The zero-order chi connectivity index (χ0) is 20.5. The number of nitrogens with zero attached hydrogens (tertiary/aromatic N) is 4. The van der Waals surface area contributed by atoms with E-state index in [-0.39, 0.29) is 17.0 Å². The van der Waals surface area contributed by atoms with Crippen molar-refractivity contribution in [2.45, 2.75) is 32.0 Å². The Morgan fingerprint density at radius 2 is 2.17 bits per heavy atom. The largest absolute Gasteiger partial charge is 0.348 e. The minimum atomic E-state index is -0.333. The molecule has 8 heteroatoms. The number of piperidine rings is 1. The number of nitrogens with one attached hydrogen (secondary N) is 1. The molecule has 154 valence electrons. The fourth-order valence-electron chi connectivity index (χ4n) is 4.67. The number of carbonyl (C=O) groups excluding carboxylic acids is 1. The van der Waals surface area contributed by atoms with E-state index in [1.165, 1.54) is 0 Å². The Bertz CT molecular complexity index is 1100. The summed E-state index contributed by atoms with van der Waals surface area (Å²) in [5, 5.41) is 4.94. The Morgan fingerprint density at radius 3 is 2.97 bits per heavy atom. The molecule has 0 radical (unpaired) electrons. The molecule has 1 N–H and O–H groups in total. The maximum atomic E-state index is 13.1. The van der Waals surface area contributed by atoms with E-state index in [1.54, 1.807) is 29.8 Å². The third kappa shape index (κ3) is 3.80. The smallest absolute Gasteiger partial charge is 0.263 e. The molecule has 0 saturated carbocycles. The van der Waals surface area contributed by atoms with Gasteiger partial charge in [-0.2, -0.15) is 0 Å². The number of rotatable bonds is 5. The lowest BCUT2D eigenvalue weighted by Crippen LogP contribution is -2.47. The Balaban J connectivity index is 1.33. The van der Waals surface area contributed by atoms with E-state index in [0.29, 0.717) is 24.9 Å². The minimum Gasteiger partial charge on any atom is -0.348 e. The number of hydrogen-bond acceptors (Lipinski definition) is 6. The zero-order valence-electron chi connectivity index (χ0n) is 16.5. The molecule has 1 fully saturated rings. The molecule has 0 aliphatic carbocycles. The zero-order valence-corrected chi connectivity index (χ0v) is 17.3. The van der Waals surface area contributed by atoms with Crippen LogP contribution in [0.15, 0.2) is 52.3 Å². The molecule has 5 heterocycles. The van der Waals surface area contributed by atoms with Crippen molar-refractivity contribution in [3.8, 4) is 0 Å². The van der Waals surface area contributed by atoms with Crippen LogP contribution in [0, 0.1) is 5.92 Å². The average molecular weight is 422 g/mol. The normalized spacial score (nSPS) is 20.5. The lowest BCUT2D eigenvalue weighted by Gasteiger charge is -2.42. The van der Waals surface area contributed by atoms with Gasteiger partial charge >= 0.3 is 0 Å². The van der Waals surface area contributed by atoms with Crippen LogP contribution in [0.2, 0.25) is 0 Å². The molecular weight excluding hydrogens is 398 g/mol. The van der Waals surface area contributed by atoms with Crippen LogP contribution in [0.5, 0.6) is 0 Å². The number of likely N-dealkylation sites (tertiary alicyclic amines) is 1. The van der Waals surface area contributed by atoms with Crippen LogP contribution in [-0.2, 0) is 19.6 Å². The number of pyridine rings is 2. The first-order valence-electron chi connectivity index (χ1n) is 10.2. The van der Waals surface area contributed by atoms with Crippen molar-refractivity contribution >= 4 is 17.2 Å². The highest BCUT2D eigenvalue weighted by molar-refractivity contribution is 7.07. The second kappa shape index (κ2) is 8.12. The molecule has 1 amide bonds. The summed E-state index contributed by atoms with van der Waals surface area (Å²) in [6, 6.07) is 7.37. The molecule has 0 unspecified atom stereocenters. The molecule has 0 aromatic carbocycles. The summed E-state index contributed by atoms with van der Waals surface area (Å²) in [5.74, 6) is 0.401. The number of amides is 1. The standard InChI is InChI=1S/C22H23N5O2S/c28-21(24-8-15-2-1-5-23-7-15)19-3-4-20-17-6-16(10-27(20)22(19)29)9-26(11-17)12-18-13-30-14-25-18/h1-5,7,13-14,16-17H,6,8-12H2,(H,24,28)/t16-,17+/m0/s1. The molecule has 30 heavy (non-hydrogen) atoms. The van der Waals surface area contributed by atoms with Gasteiger partial charge in [-0.1, -0.05) is 6.07 Å². The quantitative estimate of drug-likeness (QED) is 0.684. The van der Waals surface area contributed by atoms with Crippen molar-refractivity contribution in [1.29, 1.82) is 0 Å². The highest BCUT2D eigenvalue weighted by Crippen LogP contribution is 2.35. The van der Waals surface area contributed by atoms with Gasteiger partial charge in [0.2, 0.25) is 0 Å². The van der Waals surface area contributed by atoms with Gasteiger partial charge in [0.25, 0.3) is 11.5 Å². The van der Waals surface area contributed by atoms with Crippen LogP contribution >= 0.6 is 11.3 Å². The van der Waals surface area contributed by atoms with E-state index >= 15 is 0 Å². The fourth-order valence-corrected chi connectivity index (χ4v) is 5.22. The average Bonchev–Trinajstić information content (AvgIpc) is 3.26. The summed E-state index contributed by atoms with van der Waals surface area (Å²) in [6.07, 6.45) is 4.49. The first kappa shape index (κ1) is 19.1. The number of carbonyl (C=O) groups is 1. The van der Waals surface area contributed by atoms with Crippen LogP contribution in [-0.4, -0.2) is 38.4 Å². The molecule has 3 aromatic heterocycles. The van der Waals surface area contributed by atoms with Gasteiger partial charge in [-0.15, -0.1) is 11.3 Å². The van der Waals surface area contributed by atoms with E-state index in [9.17, 15) is 9.59 Å². The predicted molar refractivity (Wildman–Crippen MR) is 114 cm³/mol. The number of thiazole rings is 1. The van der Waals surface area contributed by atoms with E-state index in [2.05, 4.69) is 25.6 Å². The van der Waals surface area contributed by atoms with E-state index in [0.717, 1.165) is 43.0 Å². The summed E-state index contributed by atoms with van der Waals surface area (Å²) in [5.41, 5.74) is 4.95. The van der Waals surface area contributed by atoms with Gasteiger partial charge in [0.15, 0.2) is 0 Å². The van der Waals surface area contributed by atoms with Crippen molar-refractivity contribution in [1.82, 2.24) is 24.8 Å². The summed E-state index contributed by atoms with van der Waals surface area (Å²) >= 11 is 1.62. The molecular formula is C22H23N5O2S. The van der Waals surface area contributed by atoms with Gasteiger partial charge in [0.1, 0.15) is 5.56 Å². The first-order valence-corrected chi connectivity index (χ1v) is 11.1. The lowest BCUT2D eigenvalue weighted by atomic mass is 9.83. The van der Waals surface area contributed by atoms with Crippen LogP contribution < -0.4 is 10.9 Å². The first-order chi connectivity index (χ1) is 14.7. The Hall–Kier alpha value is -2.84. The molecule has 2 bridgehead atoms. The summed E-state index contributed by atoms with van der Waals surface area (Å²) in [7, 11) is 0. The molecule has 0 spiro atoms. The third-order valence-electron chi connectivity index (χ3n) is 5.97. The Morgan fingerprint density at radius 1 is 1.23 bits per heavy atom. The van der Waals surface area contributed by atoms with E-state index in [1.807, 2.05) is 28.3 Å². The highest BCUT2D eigenvalue weighted by Gasteiger charge is 2.35. The fraction of sp³-hybridized carbons (Fsp3) is 0.364. The molecule has 1 saturated heterocycles. The van der Waals surface area contributed by atoms with Gasteiger partial charge in [0.05, 0.1) is 11.2 Å². The Labute approximate surface area is 178 Å². The summed E-state index contributed by atoms with van der Waals surface area (Å²) < 4.78 is 1.83. The van der Waals surface area contributed by atoms with Crippen LogP contribution in [0.25, 0.3) is 0 Å². The maximum Gasteiger partial charge on any atom is 0.263 e. The van der Waals surface area contributed by atoms with Gasteiger partial charge in [-0.05, 0) is 36.1 Å². The second-order valence-electron chi connectivity index (χ2n) is 8.10. The minimum absolute atomic E-state index is 0.182. The van der Waals surface area contributed by atoms with Crippen molar-refractivity contribution in [2.24, 2.45) is 5.92 Å². The lowest BCUT2D eigenvalue weighted by molar-refractivity contribution is 0.0943. The molecule has 2 aliphatic rings. The molecule has 5 rings (SSSR count). The van der Waals surface area contributed by atoms with Gasteiger partial charge < -0.3 is 9.88 Å². The van der Waals surface area contributed by atoms with Crippen LogP contribution in [0.4, 0.5) is 0 Å². The summed E-state index contributed by atoms with van der Waals surface area (Å²) in [6.45, 7) is 3.75. The van der Waals surface area contributed by atoms with E-state index in [4.69, 9.17) is 0 Å². The Kier molecular flexibility index (Phi) is 5.18. The topological polar surface area (TPSA) is 80.1 Å². The van der Waals surface area contributed by atoms with Crippen LogP contribution in [0.3, 0.4) is 0 Å². The molecule has 3 aromatic rings. The van der Waals surface area contributed by atoms with Crippen molar-refractivity contribution in [3.63, 3.8) is 0 Å². The number of fused-ring (bicyclic) bond motifs is 4. The molecule has 7 nitrogen and oxygen atoms in total. The van der Waals surface area contributed by atoms with Crippen molar-refractivity contribution < 1.29 is 4.79 Å². The van der Waals surface area contributed by atoms with Crippen LogP contribution in [0.1, 0.15) is 39.6 Å². The SMILES string of the molecule is O=C(NCc1cccnc1)c1ccc2n(c1=O)C[C@H]1C[C@@H]2CN(Cc2cscn2)C1. The van der Waals surface area contributed by atoms with Gasteiger partial charge in [0, 0.05) is 62.1 Å². The molecule has 2 atom stereocenters. The van der Waals surface area contributed by atoms with Gasteiger partial charge in [-0.3, -0.25) is 19.5 Å². The molecule has 2 aliphatic heterocycles. The van der Waals surface area contributed by atoms with Crippen molar-refractivity contribution in [2.75, 3.05) is 13.1 Å².